The Balaban J connectivity index is 2.54. The van der Waals surface area contributed by atoms with E-state index in [0.717, 1.165) is 5.69 Å². The maximum atomic E-state index is 9.52. The summed E-state index contributed by atoms with van der Waals surface area (Å²) >= 11 is 0. The lowest BCUT2D eigenvalue weighted by molar-refractivity contribution is 0.186. The molecule has 5 heteroatoms. The van der Waals surface area contributed by atoms with Gasteiger partial charge in [0.05, 0.1) is 12.3 Å². The van der Waals surface area contributed by atoms with E-state index in [1.165, 1.54) is 0 Å². The maximum absolute atomic E-state index is 9.52. The van der Waals surface area contributed by atoms with Crippen LogP contribution < -0.4 is 5.73 Å². The van der Waals surface area contributed by atoms with Gasteiger partial charge in [-0.3, -0.25) is 4.40 Å². The number of fused-ring (bicyclic) bond motifs is 1. The van der Waals surface area contributed by atoms with Gasteiger partial charge in [-0.05, 0) is 6.92 Å². The second kappa shape index (κ2) is 3.36. The van der Waals surface area contributed by atoms with Crippen molar-refractivity contribution in [1.29, 1.82) is 0 Å². The first kappa shape index (κ1) is 9.11. The molecule has 1 atom stereocenters. The highest BCUT2D eigenvalue weighted by Gasteiger charge is 2.07. The smallest absolute Gasteiger partial charge is 0.233 e. The predicted molar refractivity (Wildman–Crippen MR) is 51.7 cm³/mol. The molecule has 0 spiro atoms. The molecule has 2 aromatic rings. The van der Waals surface area contributed by atoms with Crippen LogP contribution in [0.15, 0.2) is 18.6 Å². The van der Waals surface area contributed by atoms with Crippen molar-refractivity contribution in [3.8, 4) is 0 Å². The third-order valence-electron chi connectivity index (χ3n) is 2.18. The van der Waals surface area contributed by atoms with Crippen LogP contribution in [0.1, 0.15) is 17.4 Å². The minimum absolute atomic E-state index is 0.195. The van der Waals surface area contributed by atoms with Gasteiger partial charge in [0.2, 0.25) is 5.78 Å². The van der Waals surface area contributed by atoms with Crippen LogP contribution in [-0.4, -0.2) is 26.0 Å². The molecular weight excluding hydrogens is 180 g/mol. The molecule has 0 aliphatic heterocycles. The van der Waals surface area contributed by atoms with E-state index in [0.29, 0.717) is 11.3 Å². The van der Waals surface area contributed by atoms with Crippen molar-refractivity contribution in [2.24, 2.45) is 5.73 Å². The Morgan fingerprint density at radius 1 is 1.50 bits per heavy atom. The fraction of sp³-hybridized carbons (Fsp3) is 0.333. The molecule has 2 rings (SSSR count). The van der Waals surface area contributed by atoms with E-state index >= 15 is 0 Å². The fourth-order valence-electron chi connectivity index (χ4n) is 1.31. The van der Waals surface area contributed by atoms with Gasteiger partial charge in [-0.25, -0.2) is 9.97 Å². The van der Waals surface area contributed by atoms with Gasteiger partial charge in [0.15, 0.2) is 0 Å². The predicted octanol–water partition coefficient (Wildman–Crippen LogP) is 0.0298. The van der Waals surface area contributed by atoms with Crippen molar-refractivity contribution >= 4 is 5.78 Å². The zero-order valence-corrected chi connectivity index (χ0v) is 7.88. The monoisotopic (exact) mass is 192 g/mol. The molecule has 2 aromatic heterocycles. The van der Waals surface area contributed by atoms with Gasteiger partial charge >= 0.3 is 0 Å². The topological polar surface area (TPSA) is 76.4 Å². The number of hydrogen-bond acceptors (Lipinski definition) is 4. The Morgan fingerprint density at radius 2 is 2.21 bits per heavy atom. The number of aliphatic hydroxyl groups excluding tert-OH is 1. The normalized spacial score (nSPS) is 13.4. The number of nitrogens with zero attached hydrogens (tertiary/aromatic N) is 3. The number of nitrogens with two attached hydrogens (primary N) is 1. The second-order valence-corrected chi connectivity index (χ2v) is 3.21. The first-order chi connectivity index (χ1) is 6.72. The van der Waals surface area contributed by atoms with Crippen molar-refractivity contribution < 1.29 is 5.11 Å². The first-order valence-corrected chi connectivity index (χ1v) is 4.40. The van der Waals surface area contributed by atoms with E-state index in [2.05, 4.69) is 9.97 Å². The van der Waals surface area contributed by atoms with E-state index in [1.54, 1.807) is 12.4 Å². The molecule has 5 nitrogen and oxygen atoms in total. The summed E-state index contributed by atoms with van der Waals surface area (Å²) in [5, 5.41) is 9.52. The number of imidazole rings is 1. The van der Waals surface area contributed by atoms with Crippen LogP contribution >= 0.6 is 0 Å². The third kappa shape index (κ3) is 1.36. The molecule has 0 radical (unpaired) electrons. The lowest BCUT2D eigenvalue weighted by atomic mass is 10.2. The van der Waals surface area contributed by atoms with E-state index in [-0.39, 0.29) is 6.54 Å². The minimum Gasteiger partial charge on any atom is -0.387 e. The molecule has 2 heterocycles. The van der Waals surface area contributed by atoms with Gasteiger partial charge < -0.3 is 10.8 Å². The molecule has 74 valence electrons. The van der Waals surface area contributed by atoms with E-state index in [9.17, 15) is 5.11 Å². The van der Waals surface area contributed by atoms with Crippen LogP contribution in [0.5, 0.6) is 0 Å². The van der Waals surface area contributed by atoms with E-state index in [4.69, 9.17) is 5.73 Å². The van der Waals surface area contributed by atoms with Crippen LogP contribution in [-0.2, 0) is 0 Å². The standard InChI is InChI=1S/C9H12N4O/c1-6-3-11-9-12-4-7(5-13(6)9)8(14)2-10/h3-5,8,14H,2,10H2,1H3. The Hall–Kier alpha value is -1.46. The summed E-state index contributed by atoms with van der Waals surface area (Å²) in [6.07, 6.45) is 4.48. The summed E-state index contributed by atoms with van der Waals surface area (Å²) in [6.45, 7) is 2.13. The quantitative estimate of drug-likeness (QED) is 0.703. The third-order valence-corrected chi connectivity index (χ3v) is 2.18. The number of hydrogen-bond donors (Lipinski definition) is 2. The first-order valence-electron chi connectivity index (χ1n) is 4.40. The van der Waals surface area contributed by atoms with Gasteiger partial charge in [-0.1, -0.05) is 0 Å². The highest BCUT2D eigenvalue weighted by molar-refractivity contribution is 5.32. The highest BCUT2D eigenvalue weighted by Crippen LogP contribution is 2.11. The van der Waals surface area contributed by atoms with Crippen molar-refractivity contribution in [2.75, 3.05) is 6.54 Å². The average molecular weight is 192 g/mol. The number of aliphatic hydroxyl groups is 1. The molecule has 14 heavy (non-hydrogen) atoms. The summed E-state index contributed by atoms with van der Waals surface area (Å²) < 4.78 is 1.83. The van der Waals surface area contributed by atoms with E-state index in [1.807, 2.05) is 17.5 Å². The second-order valence-electron chi connectivity index (χ2n) is 3.21. The van der Waals surface area contributed by atoms with Crippen molar-refractivity contribution in [2.45, 2.75) is 13.0 Å². The summed E-state index contributed by atoms with van der Waals surface area (Å²) in [6, 6.07) is 0. The molecule has 0 saturated carbocycles. The Labute approximate surface area is 81.2 Å². The molecule has 0 aliphatic rings. The van der Waals surface area contributed by atoms with Crippen LogP contribution in [0.25, 0.3) is 5.78 Å². The molecule has 0 bridgehead atoms. The molecule has 0 aromatic carbocycles. The summed E-state index contributed by atoms with van der Waals surface area (Å²) in [4.78, 5) is 8.19. The molecule has 1 unspecified atom stereocenters. The highest BCUT2D eigenvalue weighted by atomic mass is 16.3. The lowest BCUT2D eigenvalue weighted by Crippen LogP contribution is -2.12. The molecular formula is C9H12N4O. The van der Waals surface area contributed by atoms with Crippen molar-refractivity contribution in [1.82, 2.24) is 14.4 Å². The van der Waals surface area contributed by atoms with Gasteiger partial charge in [0, 0.05) is 30.2 Å². The van der Waals surface area contributed by atoms with Gasteiger partial charge in [0.1, 0.15) is 0 Å². The number of aryl methyl sites for hydroxylation is 1. The maximum Gasteiger partial charge on any atom is 0.233 e. The summed E-state index contributed by atoms with van der Waals surface area (Å²) in [5.41, 5.74) is 7.05. The largest absolute Gasteiger partial charge is 0.387 e. The van der Waals surface area contributed by atoms with Gasteiger partial charge in [0.25, 0.3) is 0 Å². The number of rotatable bonds is 2. The van der Waals surface area contributed by atoms with Crippen LogP contribution in [0, 0.1) is 6.92 Å². The van der Waals surface area contributed by atoms with E-state index < -0.39 is 6.10 Å². The van der Waals surface area contributed by atoms with Crippen LogP contribution in [0.2, 0.25) is 0 Å². The van der Waals surface area contributed by atoms with Crippen molar-refractivity contribution in [3.63, 3.8) is 0 Å². The Kier molecular flexibility index (Phi) is 2.18. The Bertz CT molecular complexity index is 451. The minimum atomic E-state index is -0.659. The van der Waals surface area contributed by atoms with Crippen LogP contribution in [0.3, 0.4) is 0 Å². The average Bonchev–Trinajstić information content (AvgIpc) is 2.59. The molecule has 0 fully saturated rings. The van der Waals surface area contributed by atoms with Crippen molar-refractivity contribution in [3.05, 3.63) is 29.8 Å². The summed E-state index contributed by atoms with van der Waals surface area (Å²) in [5.74, 6) is 0.635. The molecule has 0 aliphatic carbocycles. The molecule has 0 saturated heterocycles. The van der Waals surface area contributed by atoms with Gasteiger partial charge in [-0.15, -0.1) is 0 Å². The lowest BCUT2D eigenvalue weighted by Gasteiger charge is -2.07. The number of aromatic nitrogens is 3. The summed E-state index contributed by atoms with van der Waals surface area (Å²) in [7, 11) is 0. The molecule has 3 N–H and O–H groups in total. The van der Waals surface area contributed by atoms with Crippen LogP contribution in [0.4, 0.5) is 0 Å². The SMILES string of the molecule is Cc1cnc2ncc(C(O)CN)cn12. The fourth-order valence-corrected chi connectivity index (χ4v) is 1.31. The zero-order chi connectivity index (χ0) is 10.1. The van der Waals surface area contributed by atoms with Gasteiger partial charge in [-0.2, -0.15) is 0 Å². The molecule has 0 amide bonds. The zero-order valence-electron chi connectivity index (χ0n) is 7.88. The Morgan fingerprint density at radius 3 is 2.93 bits per heavy atom.